The molecule has 77 heavy (non-hydrogen) atoms. The third kappa shape index (κ3) is 6.08. The summed E-state index contributed by atoms with van der Waals surface area (Å²) in [7, 11) is 0. The van der Waals surface area contributed by atoms with Gasteiger partial charge in [0, 0.05) is 38.7 Å². The Morgan fingerprint density at radius 1 is 0.273 bits per heavy atom. The van der Waals surface area contributed by atoms with Crippen LogP contribution in [0, 0.1) is 0 Å². The normalized spacial score (nSPS) is 13.7. The SMILES string of the molecule is c1ccc(C2(c3ccccc3)c3ccccc3-c3ccc(N(c4ccc(-c5cccc6c5oc5ccccc56)cc4)c4cccc5oc6c(C7(c8ccccc8)c8ccccc8-c8ccccc87)cccc6c45)cc32)cc1. The van der Waals surface area contributed by atoms with Crippen LogP contribution in [0.1, 0.15) is 44.5 Å². The largest absolute Gasteiger partial charge is 0.456 e. The zero-order chi connectivity index (χ0) is 50.7. The highest BCUT2D eigenvalue weighted by atomic mass is 16.3. The van der Waals surface area contributed by atoms with E-state index in [0.29, 0.717) is 0 Å². The molecule has 0 bridgehead atoms. The molecule has 0 radical (unpaired) electrons. The quantitative estimate of drug-likeness (QED) is 0.152. The zero-order valence-corrected chi connectivity index (χ0v) is 41.9. The number of rotatable bonds is 8. The summed E-state index contributed by atoms with van der Waals surface area (Å²) in [5, 5.41) is 4.33. The Kier molecular flexibility index (Phi) is 9.47. The number of furan rings is 2. The van der Waals surface area contributed by atoms with Gasteiger partial charge in [-0.15, -0.1) is 0 Å². The Labute approximate surface area is 446 Å². The van der Waals surface area contributed by atoms with Gasteiger partial charge in [-0.25, -0.2) is 0 Å². The van der Waals surface area contributed by atoms with E-state index in [1.54, 1.807) is 0 Å². The Hall–Kier alpha value is -9.96. The van der Waals surface area contributed by atoms with Crippen molar-refractivity contribution < 1.29 is 8.83 Å². The molecular formula is C74H47NO2. The van der Waals surface area contributed by atoms with Gasteiger partial charge in [0.25, 0.3) is 0 Å². The minimum Gasteiger partial charge on any atom is -0.456 e. The molecule has 0 fully saturated rings. The lowest BCUT2D eigenvalue weighted by Gasteiger charge is -2.35. The van der Waals surface area contributed by atoms with Crippen LogP contribution in [-0.2, 0) is 10.8 Å². The van der Waals surface area contributed by atoms with Gasteiger partial charge in [0.2, 0.25) is 0 Å². The number of nitrogens with zero attached hydrogens (tertiary/aromatic N) is 1. The molecule has 12 aromatic carbocycles. The summed E-state index contributed by atoms with van der Waals surface area (Å²) in [5.74, 6) is 0. The van der Waals surface area contributed by atoms with Crippen LogP contribution in [-0.4, -0.2) is 0 Å². The minimum absolute atomic E-state index is 0.589. The highest BCUT2D eigenvalue weighted by molar-refractivity contribution is 6.15. The summed E-state index contributed by atoms with van der Waals surface area (Å²) in [5.41, 5.74) is 22.2. The van der Waals surface area contributed by atoms with Crippen molar-refractivity contribution >= 4 is 60.9 Å². The van der Waals surface area contributed by atoms with Crippen LogP contribution in [0.15, 0.2) is 294 Å². The Bertz CT molecular complexity index is 4540. The molecule has 0 saturated heterocycles. The smallest absolute Gasteiger partial charge is 0.143 e. The first kappa shape index (κ1) is 43.4. The molecule has 2 heterocycles. The Balaban J connectivity index is 0.959. The summed E-state index contributed by atoms with van der Waals surface area (Å²) >= 11 is 0. The highest BCUT2D eigenvalue weighted by Gasteiger charge is 2.49. The van der Waals surface area contributed by atoms with Crippen molar-refractivity contribution in [2.24, 2.45) is 0 Å². The second-order valence-electron chi connectivity index (χ2n) is 20.6. The Morgan fingerprint density at radius 2 is 0.727 bits per heavy atom. The maximum atomic E-state index is 7.41. The number of para-hydroxylation sites is 3. The number of anilines is 3. The molecule has 0 atom stereocenters. The van der Waals surface area contributed by atoms with Gasteiger partial charge >= 0.3 is 0 Å². The fraction of sp³-hybridized carbons (Fsp3) is 0.0270. The molecule has 3 heteroatoms. The van der Waals surface area contributed by atoms with E-state index in [1.807, 2.05) is 6.07 Å². The first-order valence-electron chi connectivity index (χ1n) is 26.6. The molecule has 0 N–H and O–H groups in total. The lowest BCUT2D eigenvalue weighted by Crippen LogP contribution is -2.28. The predicted molar refractivity (Wildman–Crippen MR) is 316 cm³/mol. The average molecular weight is 982 g/mol. The fourth-order valence-electron chi connectivity index (χ4n) is 13.8. The van der Waals surface area contributed by atoms with Crippen molar-refractivity contribution in [1.82, 2.24) is 0 Å². The number of benzene rings is 12. The van der Waals surface area contributed by atoms with Gasteiger partial charge < -0.3 is 13.7 Å². The van der Waals surface area contributed by atoms with Crippen molar-refractivity contribution in [3.63, 3.8) is 0 Å². The summed E-state index contributed by atoms with van der Waals surface area (Å²) in [6, 6.07) is 104. The predicted octanol–water partition coefficient (Wildman–Crippen LogP) is 19.3. The van der Waals surface area contributed by atoms with E-state index in [1.165, 1.54) is 61.2 Å². The number of fused-ring (bicyclic) bond motifs is 12. The van der Waals surface area contributed by atoms with E-state index >= 15 is 0 Å². The van der Waals surface area contributed by atoms with Crippen molar-refractivity contribution in [3.8, 4) is 33.4 Å². The van der Waals surface area contributed by atoms with E-state index in [0.717, 1.165) is 77.6 Å². The van der Waals surface area contributed by atoms with Gasteiger partial charge in [0.15, 0.2) is 0 Å². The summed E-state index contributed by atoms with van der Waals surface area (Å²) < 4.78 is 14.0. The molecule has 3 nitrogen and oxygen atoms in total. The lowest BCUT2D eigenvalue weighted by atomic mass is 9.67. The van der Waals surface area contributed by atoms with Crippen LogP contribution >= 0.6 is 0 Å². The van der Waals surface area contributed by atoms with Crippen molar-refractivity contribution in [3.05, 3.63) is 330 Å². The van der Waals surface area contributed by atoms with Crippen LogP contribution in [0.25, 0.3) is 77.3 Å². The van der Waals surface area contributed by atoms with Gasteiger partial charge in [-0.05, 0) is 109 Å². The van der Waals surface area contributed by atoms with Crippen molar-refractivity contribution in [1.29, 1.82) is 0 Å². The van der Waals surface area contributed by atoms with Gasteiger partial charge in [0.05, 0.1) is 21.9 Å². The molecule has 2 aromatic heterocycles. The molecule has 360 valence electrons. The molecule has 16 rings (SSSR count). The summed E-state index contributed by atoms with van der Waals surface area (Å²) in [6.07, 6.45) is 0. The van der Waals surface area contributed by atoms with Crippen LogP contribution in [0.2, 0.25) is 0 Å². The first-order chi connectivity index (χ1) is 38.2. The summed E-state index contributed by atoms with van der Waals surface area (Å²) in [6.45, 7) is 0. The highest BCUT2D eigenvalue weighted by Crippen LogP contribution is 2.60. The molecule has 2 aliphatic carbocycles. The maximum absolute atomic E-state index is 7.41. The van der Waals surface area contributed by atoms with Crippen LogP contribution in [0.5, 0.6) is 0 Å². The van der Waals surface area contributed by atoms with E-state index in [-0.39, 0.29) is 0 Å². The second-order valence-corrected chi connectivity index (χ2v) is 20.6. The second kappa shape index (κ2) is 16.8. The van der Waals surface area contributed by atoms with Crippen molar-refractivity contribution in [2.75, 3.05) is 4.90 Å². The van der Waals surface area contributed by atoms with Gasteiger partial charge in [-0.1, -0.05) is 243 Å². The third-order valence-corrected chi connectivity index (χ3v) is 16.8. The van der Waals surface area contributed by atoms with E-state index in [9.17, 15) is 0 Å². The molecular weight excluding hydrogens is 935 g/mol. The van der Waals surface area contributed by atoms with Crippen LogP contribution in [0.4, 0.5) is 17.1 Å². The van der Waals surface area contributed by atoms with Crippen LogP contribution < -0.4 is 4.90 Å². The monoisotopic (exact) mass is 981 g/mol. The molecule has 14 aromatic rings. The zero-order valence-electron chi connectivity index (χ0n) is 41.9. The first-order valence-corrected chi connectivity index (χ1v) is 26.6. The van der Waals surface area contributed by atoms with Gasteiger partial charge in [-0.2, -0.15) is 0 Å². The molecule has 0 amide bonds. The molecule has 0 spiro atoms. The van der Waals surface area contributed by atoms with Crippen molar-refractivity contribution in [2.45, 2.75) is 10.8 Å². The maximum Gasteiger partial charge on any atom is 0.143 e. The standard InChI is InChI=1S/C74H47NO2/c1-4-21-49(22-5-1)73(50-23-6-2-7-24-50)62-34-14-10-29-57(62)58-46-45-53(47-66(58)73)75(52-43-41-48(42-44-52)54-31-18-32-60-59-30-13-17-39-68(59)76-71(54)60)67-38-20-40-69-70(67)61-33-19-37-65(72(61)77-69)74(51-25-8-3-9-26-51)63-35-15-11-27-55(63)56-28-12-16-36-64(56)74/h1-47H. The molecule has 2 aliphatic rings. The van der Waals surface area contributed by atoms with Gasteiger partial charge in [0.1, 0.15) is 22.3 Å². The summed E-state index contributed by atoms with van der Waals surface area (Å²) in [4.78, 5) is 2.45. The topological polar surface area (TPSA) is 29.5 Å². The average Bonchev–Trinajstić information content (AvgIpc) is 4.39. The van der Waals surface area contributed by atoms with E-state index < -0.39 is 10.8 Å². The number of hydrogen-bond donors (Lipinski definition) is 0. The minimum atomic E-state index is -0.645. The number of hydrogen-bond acceptors (Lipinski definition) is 3. The van der Waals surface area contributed by atoms with E-state index in [4.69, 9.17) is 8.83 Å². The van der Waals surface area contributed by atoms with Gasteiger partial charge in [-0.3, -0.25) is 0 Å². The van der Waals surface area contributed by atoms with Crippen LogP contribution in [0.3, 0.4) is 0 Å². The molecule has 0 aliphatic heterocycles. The fourth-order valence-corrected chi connectivity index (χ4v) is 13.8. The third-order valence-electron chi connectivity index (χ3n) is 16.8. The Morgan fingerprint density at radius 3 is 1.39 bits per heavy atom. The molecule has 0 saturated carbocycles. The lowest BCUT2D eigenvalue weighted by molar-refractivity contribution is 0.648. The molecule has 0 unspecified atom stereocenters. The van der Waals surface area contributed by atoms with E-state index in [2.05, 4.69) is 284 Å².